The van der Waals surface area contributed by atoms with Crippen LogP contribution < -0.4 is 10.2 Å². The number of nitrogens with one attached hydrogen (secondary N) is 1. The van der Waals surface area contributed by atoms with E-state index in [0.717, 1.165) is 18.9 Å². The van der Waals surface area contributed by atoms with E-state index in [1.807, 2.05) is 6.20 Å². The van der Waals surface area contributed by atoms with Crippen LogP contribution in [0.3, 0.4) is 0 Å². The van der Waals surface area contributed by atoms with Crippen LogP contribution in [0.2, 0.25) is 0 Å². The zero-order chi connectivity index (χ0) is 13.5. The highest BCUT2D eigenvalue weighted by atomic mass is 15.2. The Kier molecular flexibility index (Phi) is 5.49. The quantitative estimate of drug-likeness (QED) is 0.810. The SMILES string of the molecule is CCN(CC)c1ccc(NC2CCCCCC2)cn1. The summed E-state index contributed by atoms with van der Waals surface area (Å²) in [5.41, 5.74) is 1.17. The van der Waals surface area contributed by atoms with Gasteiger partial charge in [-0.2, -0.15) is 0 Å². The smallest absolute Gasteiger partial charge is 0.128 e. The molecule has 1 fully saturated rings. The lowest BCUT2D eigenvalue weighted by Crippen LogP contribution is -2.23. The first-order valence-corrected chi connectivity index (χ1v) is 7.81. The third-order valence-corrected chi connectivity index (χ3v) is 4.06. The Morgan fingerprint density at radius 2 is 1.79 bits per heavy atom. The fourth-order valence-electron chi connectivity index (χ4n) is 2.87. The third-order valence-electron chi connectivity index (χ3n) is 4.06. The number of rotatable bonds is 5. The van der Waals surface area contributed by atoms with Gasteiger partial charge in [0.2, 0.25) is 0 Å². The molecule has 0 aromatic carbocycles. The molecule has 0 bridgehead atoms. The maximum absolute atomic E-state index is 4.57. The maximum atomic E-state index is 4.57. The standard InChI is InChI=1S/C16H27N3/c1-3-19(4-2)16-12-11-15(13-17-16)18-14-9-7-5-6-8-10-14/h11-14,18H,3-10H2,1-2H3. The van der Waals surface area contributed by atoms with E-state index >= 15 is 0 Å². The number of hydrogen-bond donors (Lipinski definition) is 1. The van der Waals surface area contributed by atoms with Crippen molar-refractivity contribution >= 4 is 11.5 Å². The van der Waals surface area contributed by atoms with Crippen LogP contribution in [0.1, 0.15) is 52.4 Å². The predicted molar refractivity (Wildman–Crippen MR) is 82.9 cm³/mol. The molecule has 0 saturated heterocycles. The second-order valence-corrected chi connectivity index (χ2v) is 5.41. The van der Waals surface area contributed by atoms with Crippen LogP contribution in [0.25, 0.3) is 0 Å². The molecule has 106 valence electrons. The molecule has 0 radical (unpaired) electrons. The van der Waals surface area contributed by atoms with Gasteiger partial charge in [0.15, 0.2) is 0 Å². The maximum Gasteiger partial charge on any atom is 0.128 e. The van der Waals surface area contributed by atoms with Gasteiger partial charge in [0.1, 0.15) is 5.82 Å². The minimum atomic E-state index is 0.642. The van der Waals surface area contributed by atoms with E-state index < -0.39 is 0 Å². The number of hydrogen-bond acceptors (Lipinski definition) is 3. The first-order chi connectivity index (χ1) is 9.33. The molecule has 3 nitrogen and oxygen atoms in total. The molecule has 1 aromatic rings. The highest BCUT2D eigenvalue weighted by molar-refractivity contribution is 5.49. The lowest BCUT2D eigenvalue weighted by Gasteiger charge is -2.21. The van der Waals surface area contributed by atoms with E-state index in [2.05, 4.69) is 41.2 Å². The van der Waals surface area contributed by atoms with Crippen LogP contribution in [0.4, 0.5) is 11.5 Å². The zero-order valence-corrected chi connectivity index (χ0v) is 12.4. The van der Waals surface area contributed by atoms with E-state index in [4.69, 9.17) is 0 Å². The van der Waals surface area contributed by atoms with Crippen LogP contribution >= 0.6 is 0 Å². The fourth-order valence-corrected chi connectivity index (χ4v) is 2.87. The van der Waals surface area contributed by atoms with Gasteiger partial charge in [0.25, 0.3) is 0 Å². The van der Waals surface area contributed by atoms with Crippen molar-refractivity contribution in [3.05, 3.63) is 18.3 Å². The van der Waals surface area contributed by atoms with E-state index in [1.54, 1.807) is 0 Å². The van der Waals surface area contributed by atoms with E-state index in [9.17, 15) is 0 Å². The second-order valence-electron chi connectivity index (χ2n) is 5.41. The van der Waals surface area contributed by atoms with Gasteiger partial charge in [-0.15, -0.1) is 0 Å². The van der Waals surface area contributed by atoms with Crippen molar-refractivity contribution in [1.29, 1.82) is 0 Å². The summed E-state index contributed by atoms with van der Waals surface area (Å²) in [6.07, 6.45) is 10.1. The summed E-state index contributed by atoms with van der Waals surface area (Å²) in [5, 5.41) is 3.64. The van der Waals surface area contributed by atoms with Crippen LogP contribution in [0.15, 0.2) is 18.3 Å². The van der Waals surface area contributed by atoms with Gasteiger partial charge in [0, 0.05) is 19.1 Å². The molecule has 0 spiro atoms. The Bertz CT molecular complexity index is 349. The summed E-state index contributed by atoms with van der Waals surface area (Å²) < 4.78 is 0. The molecule has 1 heterocycles. The first kappa shape index (κ1) is 14.2. The summed E-state index contributed by atoms with van der Waals surface area (Å²) in [5.74, 6) is 1.08. The van der Waals surface area contributed by atoms with Crippen molar-refractivity contribution in [2.45, 2.75) is 58.4 Å². The molecule has 19 heavy (non-hydrogen) atoms. The van der Waals surface area contributed by atoms with Crippen molar-refractivity contribution in [3.8, 4) is 0 Å². The molecule has 1 aliphatic rings. The monoisotopic (exact) mass is 261 g/mol. The van der Waals surface area contributed by atoms with Gasteiger partial charge in [-0.3, -0.25) is 0 Å². The summed E-state index contributed by atoms with van der Waals surface area (Å²) in [7, 11) is 0. The summed E-state index contributed by atoms with van der Waals surface area (Å²) >= 11 is 0. The van der Waals surface area contributed by atoms with Gasteiger partial charge in [-0.05, 0) is 38.8 Å². The highest BCUT2D eigenvalue weighted by Crippen LogP contribution is 2.21. The average molecular weight is 261 g/mol. The van der Waals surface area contributed by atoms with Crippen LogP contribution in [-0.2, 0) is 0 Å². The van der Waals surface area contributed by atoms with Gasteiger partial charge in [-0.1, -0.05) is 25.7 Å². The van der Waals surface area contributed by atoms with Gasteiger partial charge >= 0.3 is 0 Å². The van der Waals surface area contributed by atoms with Gasteiger partial charge in [0.05, 0.1) is 11.9 Å². The molecule has 1 saturated carbocycles. The molecule has 0 aliphatic heterocycles. The van der Waals surface area contributed by atoms with Crippen LogP contribution in [0.5, 0.6) is 0 Å². The summed E-state index contributed by atoms with van der Waals surface area (Å²) in [4.78, 5) is 6.85. The van der Waals surface area contributed by atoms with E-state index in [0.29, 0.717) is 6.04 Å². The minimum Gasteiger partial charge on any atom is -0.381 e. The number of anilines is 2. The summed E-state index contributed by atoms with van der Waals surface area (Å²) in [6.45, 7) is 6.36. The van der Waals surface area contributed by atoms with Crippen LogP contribution in [-0.4, -0.2) is 24.1 Å². The molecule has 0 atom stereocenters. The molecular weight excluding hydrogens is 234 g/mol. The molecule has 1 N–H and O–H groups in total. The third kappa shape index (κ3) is 4.12. The Morgan fingerprint density at radius 1 is 1.11 bits per heavy atom. The van der Waals surface area contributed by atoms with Crippen molar-refractivity contribution in [3.63, 3.8) is 0 Å². The zero-order valence-electron chi connectivity index (χ0n) is 12.4. The number of pyridine rings is 1. The Morgan fingerprint density at radius 3 is 2.32 bits per heavy atom. The van der Waals surface area contributed by atoms with Gasteiger partial charge < -0.3 is 10.2 Å². The summed E-state index contributed by atoms with van der Waals surface area (Å²) in [6, 6.07) is 4.95. The molecule has 0 amide bonds. The highest BCUT2D eigenvalue weighted by Gasteiger charge is 2.12. The second kappa shape index (κ2) is 7.37. The fraction of sp³-hybridized carbons (Fsp3) is 0.688. The molecule has 2 rings (SSSR count). The van der Waals surface area contributed by atoms with E-state index in [-0.39, 0.29) is 0 Å². The lowest BCUT2D eigenvalue weighted by molar-refractivity contribution is 0.620. The minimum absolute atomic E-state index is 0.642. The molecule has 1 aliphatic carbocycles. The van der Waals surface area contributed by atoms with Crippen molar-refractivity contribution in [2.75, 3.05) is 23.3 Å². The number of nitrogens with zero attached hydrogens (tertiary/aromatic N) is 2. The Labute approximate surface area is 117 Å². The van der Waals surface area contributed by atoms with Crippen molar-refractivity contribution in [2.24, 2.45) is 0 Å². The average Bonchev–Trinajstić information content (AvgIpc) is 2.71. The lowest BCUT2D eigenvalue weighted by atomic mass is 10.1. The largest absolute Gasteiger partial charge is 0.381 e. The van der Waals surface area contributed by atoms with Crippen LogP contribution in [0, 0.1) is 0 Å². The Balaban J connectivity index is 1.94. The normalized spacial score (nSPS) is 16.9. The van der Waals surface area contributed by atoms with E-state index in [1.165, 1.54) is 44.2 Å². The topological polar surface area (TPSA) is 28.2 Å². The predicted octanol–water partition coefficient (Wildman–Crippen LogP) is 4.06. The molecule has 3 heteroatoms. The van der Waals surface area contributed by atoms with Crippen molar-refractivity contribution in [1.82, 2.24) is 4.98 Å². The molecule has 1 aromatic heterocycles. The Hall–Kier alpha value is -1.25. The first-order valence-electron chi connectivity index (χ1n) is 7.81. The molecular formula is C16H27N3. The van der Waals surface area contributed by atoms with Gasteiger partial charge in [-0.25, -0.2) is 4.98 Å². The molecule has 0 unspecified atom stereocenters. The number of aromatic nitrogens is 1. The van der Waals surface area contributed by atoms with Crippen molar-refractivity contribution < 1.29 is 0 Å².